The highest BCUT2D eigenvalue weighted by Crippen LogP contribution is 2.15. The maximum absolute atomic E-state index is 11.3. The van der Waals surface area contributed by atoms with Crippen molar-refractivity contribution in [2.45, 2.75) is 25.8 Å². The second-order valence-electron chi connectivity index (χ2n) is 4.31. The molecule has 1 aromatic carbocycles. The molecule has 0 aliphatic carbocycles. The van der Waals surface area contributed by atoms with E-state index in [1.54, 1.807) is 6.92 Å². The molecule has 86 valence electrons. The van der Waals surface area contributed by atoms with E-state index >= 15 is 0 Å². The Morgan fingerprint density at radius 1 is 1.38 bits per heavy atom. The van der Waals surface area contributed by atoms with Crippen LogP contribution in [0, 0.1) is 0 Å². The van der Waals surface area contributed by atoms with E-state index in [1.807, 2.05) is 24.3 Å². The van der Waals surface area contributed by atoms with E-state index in [-0.39, 0.29) is 5.78 Å². The molecule has 2 N–H and O–H groups in total. The smallest absolute Gasteiger partial charge is 0.159 e. The normalized spacial score (nSPS) is 17.1. The quantitative estimate of drug-likeness (QED) is 0.763. The van der Waals surface area contributed by atoms with Crippen molar-refractivity contribution < 1.29 is 4.79 Å². The van der Waals surface area contributed by atoms with Crippen molar-refractivity contribution in [3.05, 3.63) is 29.8 Å². The Balaban J connectivity index is 2.02. The van der Waals surface area contributed by atoms with Crippen molar-refractivity contribution in [2.24, 2.45) is 0 Å². The molecule has 0 atom stereocenters. The molecule has 16 heavy (non-hydrogen) atoms. The van der Waals surface area contributed by atoms with Crippen LogP contribution in [-0.2, 0) is 0 Å². The number of rotatable bonds is 3. The monoisotopic (exact) mass is 218 g/mol. The Bertz CT molecular complexity index is 370. The molecular formula is C13H18N2O. The maximum Gasteiger partial charge on any atom is 0.159 e. The van der Waals surface area contributed by atoms with E-state index in [2.05, 4.69) is 10.6 Å². The summed E-state index contributed by atoms with van der Waals surface area (Å²) in [6.07, 6.45) is 2.29. The Hall–Kier alpha value is -1.35. The van der Waals surface area contributed by atoms with Crippen molar-refractivity contribution >= 4 is 11.5 Å². The summed E-state index contributed by atoms with van der Waals surface area (Å²) in [6, 6.07) is 8.28. The zero-order valence-electron chi connectivity index (χ0n) is 9.62. The third-order valence-electron chi connectivity index (χ3n) is 2.98. The standard InChI is InChI=1S/C13H18N2O/c1-10(16)11-3-2-4-13(9-11)15-12-5-7-14-8-6-12/h2-4,9,12,14-15H,5-8H2,1H3. The van der Waals surface area contributed by atoms with E-state index < -0.39 is 0 Å². The van der Waals surface area contributed by atoms with E-state index in [0.717, 1.165) is 37.2 Å². The summed E-state index contributed by atoms with van der Waals surface area (Å²) in [5.41, 5.74) is 1.83. The number of nitrogens with one attached hydrogen (secondary N) is 2. The number of hydrogen-bond acceptors (Lipinski definition) is 3. The molecule has 0 radical (unpaired) electrons. The van der Waals surface area contributed by atoms with E-state index in [9.17, 15) is 4.79 Å². The van der Waals surface area contributed by atoms with Crippen LogP contribution in [0.4, 0.5) is 5.69 Å². The first kappa shape index (κ1) is 11.1. The van der Waals surface area contributed by atoms with Gasteiger partial charge in [-0.1, -0.05) is 12.1 Å². The van der Waals surface area contributed by atoms with Crippen LogP contribution in [0.25, 0.3) is 0 Å². The van der Waals surface area contributed by atoms with Crippen LogP contribution >= 0.6 is 0 Å². The van der Waals surface area contributed by atoms with Gasteiger partial charge < -0.3 is 10.6 Å². The lowest BCUT2D eigenvalue weighted by Crippen LogP contribution is -2.35. The molecule has 3 heteroatoms. The van der Waals surface area contributed by atoms with Crippen molar-refractivity contribution in [1.82, 2.24) is 5.32 Å². The molecule has 1 aliphatic heterocycles. The Morgan fingerprint density at radius 2 is 2.12 bits per heavy atom. The van der Waals surface area contributed by atoms with Crippen molar-refractivity contribution in [3.8, 4) is 0 Å². The first-order valence-electron chi connectivity index (χ1n) is 5.84. The van der Waals surface area contributed by atoms with Gasteiger partial charge in [-0.25, -0.2) is 0 Å². The average molecular weight is 218 g/mol. The van der Waals surface area contributed by atoms with Crippen LogP contribution in [-0.4, -0.2) is 24.9 Å². The zero-order chi connectivity index (χ0) is 11.4. The topological polar surface area (TPSA) is 41.1 Å². The van der Waals surface area contributed by atoms with Gasteiger partial charge in [0.25, 0.3) is 0 Å². The Labute approximate surface area is 96.2 Å². The van der Waals surface area contributed by atoms with Crippen LogP contribution in [0.15, 0.2) is 24.3 Å². The number of piperidine rings is 1. The van der Waals surface area contributed by atoms with Gasteiger partial charge in [0.05, 0.1) is 0 Å². The lowest BCUT2D eigenvalue weighted by Gasteiger charge is -2.24. The van der Waals surface area contributed by atoms with Crippen LogP contribution in [0.1, 0.15) is 30.1 Å². The molecule has 3 nitrogen and oxygen atoms in total. The molecule has 1 aliphatic rings. The molecule has 0 saturated carbocycles. The van der Waals surface area contributed by atoms with Gasteiger partial charge in [0.1, 0.15) is 0 Å². The van der Waals surface area contributed by atoms with Crippen LogP contribution in [0.2, 0.25) is 0 Å². The molecule has 2 rings (SSSR count). The highest BCUT2D eigenvalue weighted by molar-refractivity contribution is 5.94. The number of hydrogen-bond donors (Lipinski definition) is 2. The second kappa shape index (κ2) is 5.12. The number of carbonyl (C=O) groups excluding carboxylic acids is 1. The van der Waals surface area contributed by atoms with Gasteiger partial charge in [0, 0.05) is 17.3 Å². The van der Waals surface area contributed by atoms with Crippen LogP contribution < -0.4 is 10.6 Å². The minimum atomic E-state index is 0.119. The third kappa shape index (κ3) is 2.83. The average Bonchev–Trinajstić information content (AvgIpc) is 2.30. The largest absolute Gasteiger partial charge is 0.382 e. The summed E-state index contributed by atoms with van der Waals surface area (Å²) in [5, 5.41) is 6.82. The molecule has 1 fully saturated rings. The van der Waals surface area contributed by atoms with Gasteiger partial charge >= 0.3 is 0 Å². The van der Waals surface area contributed by atoms with Crippen molar-refractivity contribution in [3.63, 3.8) is 0 Å². The summed E-state index contributed by atoms with van der Waals surface area (Å²) < 4.78 is 0. The Morgan fingerprint density at radius 3 is 2.81 bits per heavy atom. The fourth-order valence-corrected chi connectivity index (χ4v) is 2.03. The summed E-state index contributed by atoms with van der Waals surface area (Å²) in [6.45, 7) is 3.75. The molecular weight excluding hydrogens is 200 g/mol. The minimum Gasteiger partial charge on any atom is -0.382 e. The summed E-state index contributed by atoms with van der Waals surface area (Å²) in [5.74, 6) is 0.119. The predicted octanol–water partition coefficient (Wildman–Crippen LogP) is 2.05. The molecule has 0 bridgehead atoms. The predicted molar refractivity (Wildman–Crippen MR) is 66.0 cm³/mol. The first-order valence-corrected chi connectivity index (χ1v) is 5.84. The number of Topliss-reactive ketones (excluding diaryl/α,β-unsaturated/α-hetero) is 1. The van der Waals surface area contributed by atoms with Gasteiger partial charge in [-0.3, -0.25) is 4.79 Å². The second-order valence-corrected chi connectivity index (χ2v) is 4.31. The molecule has 0 spiro atoms. The molecule has 1 aromatic rings. The number of anilines is 1. The van der Waals surface area contributed by atoms with Crippen molar-refractivity contribution in [1.29, 1.82) is 0 Å². The van der Waals surface area contributed by atoms with Crippen molar-refractivity contribution in [2.75, 3.05) is 18.4 Å². The van der Waals surface area contributed by atoms with Gasteiger partial charge in [0.15, 0.2) is 5.78 Å². The van der Waals surface area contributed by atoms with E-state index in [0.29, 0.717) is 6.04 Å². The Kier molecular flexibility index (Phi) is 3.57. The summed E-state index contributed by atoms with van der Waals surface area (Å²) in [7, 11) is 0. The maximum atomic E-state index is 11.3. The molecule has 0 aromatic heterocycles. The highest BCUT2D eigenvalue weighted by atomic mass is 16.1. The fraction of sp³-hybridized carbons (Fsp3) is 0.462. The van der Waals surface area contributed by atoms with E-state index in [1.165, 1.54) is 0 Å². The van der Waals surface area contributed by atoms with Crippen LogP contribution in [0.3, 0.4) is 0 Å². The first-order chi connectivity index (χ1) is 7.75. The number of benzene rings is 1. The van der Waals surface area contributed by atoms with Gasteiger partial charge in [-0.2, -0.15) is 0 Å². The fourth-order valence-electron chi connectivity index (χ4n) is 2.03. The summed E-state index contributed by atoms with van der Waals surface area (Å²) >= 11 is 0. The number of ketones is 1. The van der Waals surface area contributed by atoms with Gasteiger partial charge in [-0.15, -0.1) is 0 Å². The lowest BCUT2D eigenvalue weighted by atomic mass is 10.1. The summed E-state index contributed by atoms with van der Waals surface area (Å²) in [4.78, 5) is 11.3. The molecule has 0 unspecified atom stereocenters. The third-order valence-corrected chi connectivity index (χ3v) is 2.98. The highest BCUT2D eigenvalue weighted by Gasteiger charge is 2.12. The van der Waals surface area contributed by atoms with Gasteiger partial charge in [0.2, 0.25) is 0 Å². The molecule has 1 heterocycles. The zero-order valence-corrected chi connectivity index (χ0v) is 9.62. The minimum absolute atomic E-state index is 0.119. The lowest BCUT2D eigenvalue weighted by molar-refractivity contribution is 0.101. The molecule has 1 saturated heterocycles. The SMILES string of the molecule is CC(=O)c1cccc(NC2CCNCC2)c1. The van der Waals surface area contributed by atoms with Gasteiger partial charge in [-0.05, 0) is 45.0 Å². The number of carbonyl (C=O) groups is 1. The molecule has 0 amide bonds. The van der Waals surface area contributed by atoms with E-state index in [4.69, 9.17) is 0 Å². The van der Waals surface area contributed by atoms with Crippen LogP contribution in [0.5, 0.6) is 0 Å².